The standard InChI is InChI=1S/C18H21N3O2/c1-14(15-4-6-19-7-5-15)20-8-10-21(11-9-20)16-2-3-17-18(12-16)23-13-22-17/h2-7,12,14H,8-11,13H2,1H3. The summed E-state index contributed by atoms with van der Waals surface area (Å²) in [6.45, 7) is 6.75. The van der Waals surface area contributed by atoms with Crippen LogP contribution in [-0.2, 0) is 0 Å². The minimum absolute atomic E-state index is 0.329. The smallest absolute Gasteiger partial charge is 0.231 e. The maximum Gasteiger partial charge on any atom is 0.231 e. The number of fused-ring (bicyclic) bond motifs is 1. The van der Waals surface area contributed by atoms with Crippen LogP contribution in [-0.4, -0.2) is 42.9 Å². The second-order valence-electron chi connectivity index (χ2n) is 6.02. The fourth-order valence-corrected chi connectivity index (χ4v) is 3.30. The zero-order valence-electron chi connectivity index (χ0n) is 13.3. The Morgan fingerprint density at radius 2 is 1.70 bits per heavy atom. The van der Waals surface area contributed by atoms with Crippen molar-refractivity contribution >= 4 is 5.69 Å². The summed E-state index contributed by atoms with van der Waals surface area (Å²) >= 11 is 0. The molecule has 0 bridgehead atoms. The molecule has 1 fully saturated rings. The average Bonchev–Trinajstić information content (AvgIpc) is 3.10. The van der Waals surface area contributed by atoms with Gasteiger partial charge in [0.1, 0.15) is 0 Å². The monoisotopic (exact) mass is 311 g/mol. The molecule has 0 aliphatic carbocycles. The maximum absolute atomic E-state index is 5.48. The van der Waals surface area contributed by atoms with E-state index in [0.29, 0.717) is 12.8 Å². The number of benzene rings is 1. The first-order valence-corrected chi connectivity index (χ1v) is 8.10. The second kappa shape index (κ2) is 6.08. The number of hydrogen-bond acceptors (Lipinski definition) is 5. The van der Waals surface area contributed by atoms with Gasteiger partial charge in [0, 0.05) is 56.4 Å². The fourth-order valence-electron chi connectivity index (χ4n) is 3.30. The van der Waals surface area contributed by atoms with Crippen LogP contribution < -0.4 is 14.4 Å². The van der Waals surface area contributed by atoms with E-state index >= 15 is 0 Å². The number of piperazine rings is 1. The fraction of sp³-hybridized carbons (Fsp3) is 0.389. The molecule has 5 heteroatoms. The van der Waals surface area contributed by atoms with Crippen molar-refractivity contribution in [2.45, 2.75) is 13.0 Å². The molecule has 2 aromatic rings. The minimum Gasteiger partial charge on any atom is -0.454 e. The maximum atomic E-state index is 5.48. The minimum atomic E-state index is 0.329. The highest BCUT2D eigenvalue weighted by atomic mass is 16.7. The molecular weight excluding hydrogens is 290 g/mol. The summed E-state index contributed by atoms with van der Waals surface area (Å²) in [5, 5.41) is 0. The Kier molecular flexibility index (Phi) is 3.79. The number of rotatable bonds is 3. The van der Waals surface area contributed by atoms with Gasteiger partial charge in [-0.3, -0.25) is 9.88 Å². The van der Waals surface area contributed by atoms with Crippen LogP contribution in [0.1, 0.15) is 18.5 Å². The first-order chi connectivity index (χ1) is 11.3. The van der Waals surface area contributed by atoms with Gasteiger partial charge in [-0.05, 0) is 36.8 Å². The van der Waals surface area contributed by atoms with Gasteiger partial charge in [0.2, 0.25) is 6.79 Å². The number of hydrogen-bond donors (Lipinski definition) is 0. The van der Waals surface area contributed by atoms with Crippen LogP contribution in [0.4, 0.5) is 5.69 Å². The third-order valence-electron chi connectivity index (χ3n) is 4.77. The lowest BCUT2D eigenvalue weighted by molar-refractivity contribution is 0.174. The molecule has 1 aromatic heterocycles. The first kappa shape index (κ1) is 14.3. The molecule has 1 unspecified atom stereocenters. The Bertz CT molecular complexity index is 669. The predicted molar refractivity (Wildman–Crippen MR) is 89.0 cm³/mol. The van der Waals surface area contributed by atoms with Gasteiger partial charge in [-0.15, -0.1) is 0 Å². The van der Waals surface area contributed by atoms with Gasteiger partial charge in [-0.25, -0.2) is 0 Å². The normalized spacial score (nSPS) is 18.9. The zero-order chi connectivity index (χ0) is 15.6. The van der Waals surface area contributed by atoms with Gasteiger partial charge in [0.05, 0.1) is 0 Å². The van der Waals surface area contributed by atoms with Crippen molar-refractivity contribution in [2.24, 2.45) is 0 Å². The van der Waals surface area contributed by atoms with Crippen molar-refractivity contribution in [1.82, 2.24) is 9.88 Å². The molecule has 5 nitrogen and oxygen atoms in total. The van der Waals surface area contributed by atoms with E-state index in [2.05, 4.69) is 46.0 Å². The van der Waals surface area contributed by atoms with Gasteiger partial charge < -0.3 is 14.4 Å². The number of anilines is 1. The summed E-state index contributed by atoms with van der Waals surface area (Å²) in [6, 6.07) is 10.9. The van der Waals surface area contributed by atoms with E-state index < -0.39 is 0 Å². The molecule has 0 radical (unpaired) electrons. The van der Waals surface area contributed by atoms with E-state index in [1.165, 1.54) is 11.3 Å². The molecule has 0 saturated carbocycles. The third-order valence-corrected chi connectivity index (χ3v) is 4.77. The van der Waals surface area contributed by atoms with Gasteiger partial charge in [0.25, 0.3) is 0 Å². The zero-order valence-corrected chi connectivity index (χ0v) is 13.3. The van der Waals surface area contributed by atoms with Crippen LogP contribution in [0, 0.1) is 0 Å². The summed E-state index contributed by atoms with van der Waals surface area (Å²) in [6.07, 6.45) is 3.74. The lowest BCUT2D eigenvalue weighted by Gasteiger charge is -2.39. The van der Waals surface area contributed by atoms with Crippen molar-refractivity contribution in [2.75, 3.05) is 37.9 Å². The van der Waals surface area contributed by atoms with Crippen molar-refractivity contribution in [1.29, 1.82) is 0 Å². The summed E-state index contributed by atoms with van der Waals surface area (Å²) < 4.78 is 10.9. The van der Waals surface area contributed by atoms with E-state index in [-0.39, 0.29) is 0 Å². The largest absolute Gasteiger partial charge is 0.454 e. The van der Waals surface area contributed by atoms with E-state index in [1.807, 2.05) is 18.5 Å². The Labute approximate surface area is 136 Å². The molecule has 2 aliphatic rings. The van der Waals surface area contributed by atoms with Crippen LogP contribution in [0.3, 0.4) is 0 Å². The van der Waals surface area contributed by atoms with Gasteiger partial charge in [-0.1, -0.05) is 0 Å². The van der Waals surface area contributed by atoms with Crippen molar-refractivity contribution < 1.29 is 9.47 Å². The molecule has 0 spiro atoms. The molecule has 0 amide bonds. The highest BCUT2D eigenvalue weighted by molar-refractivity contribution is 5.57. The quantitative estimate of drug-likeness (QED) is 0.871. The Morgan fingerprint density at radius 3 is 2.48 bits per heavy atom. The highest BCUT2D eigenvalue weighted by Crippen LogP contribution is 2.36. The van der Waals surface area contributed by atoms with Gasteiger partial charge >= 0.3 is 0 Å². The molecule has 2 aliphatic heterocycles. The first-order valence-electron chi connectivity index (χ1n) is 8.10. The highest BCUT2D eigenvalue weighted by Gasteiger charge is 2.23. The number of aromatic nitrogens is 1. The van der Waals surface area contributed by atoms with E-state index in [1.54, 1.807) is 0 Å². The number of ether oxygens (including phenoxy) is 2. The van der Waals surface area contributed by atoms with Crippen LogP contribution in [0.2, 0.25) is 0 Å². The SMILES string of the molecule is CC(c1ccncc1)N1CCN(c2ccc3c(c2)OCO3)CC1. The van der Waals surface area contributed by atoms with Crippen molar-refractivity contribution in [3.05, 3.63) is 48.3 Å². The molecule has 0 N–H and O–H groups in total. The molecule has 1 atom stereocenters. The molecule has 4 rings (SSSR count). The van der Waals surface area contributed by atoms with Gasteiger partial charge in [-0.2, -0.15) is 0 Å². The number of nitrogens with zero attached hydrogens (tertiary/aromatic N) is 3. The Balaban J connectivity index is 1.41. The van der Waals surface area contributed by atoms with Gasteiger partial charge in [0.15, 0.2) is 11.5 Å². The van der Waals surface area contributed by atoms with Crippen LogP contribution in [0.5, 0.6) is 11.5 Å². The number of pyridine rings is 1. The molecule has 23 heavy (non-hydrogen) atoms. The second-order valence-corrected chi connectivity index (χ2v) is 6.02. The third kappa shape index (κ3) is 2.84. The summed E-state index contributed by atoms with van der Waals surface area (Å²) in [7, 11) is 0. The molecule has 1 saturated heterocycles. The summed E-state index contributed by atoms with van der Waals surface area (Å²) in [5.41, 5.74) is 2.54. The Hall–Kier alpha value is -2.27. The van der Waals surface area contributed by atoms with Crippen LogP contribution >= 0.6 is 0 Å². The predicted octanol–water partition coefficient (Wildman–Crippen LogP) is 2.69. The molecule has 1 aromatic carbocycles. The van der Waals surface area contributed by atoms with Crippen molar-refractivity contribution in [3.63, 3.8) is 0 Å². The van der Waals surface area contributed by atoms with Crippen LogP contribution in [0.25, 0.3) is 0 Å². The van der Waals surface area contributed by atoms with E-state index in [0.717, 1.165) is 37.7 Å². The van der Waals surface area contributed by atoms with E-state index in [4.69, 9.17) is 9.47 Å². The van der Waals surface area contributed by atoms with Crippen LogP contribution in [0.15, 0.2) is 42.7 Å². The summed E-state index contributed by atoms with van der Waals surface area (Å²) in [4.78, 5) is 9.05. The van der Waals surface area contributed by atoms with E-state index in [9.17, 15) is 0 Å². The topological polar surface area (TPSA) is 37.8 Å². The lowest BCUT2D eigenvalue weighted by Crippen LogP contribution is -2.47. The molecule has 120 valence electrons. The lowest BCUT2D eigenvalue weighted by atomic mass is 10.1. The summed E-state index contributed by atoms with van der Waals surface area (Å²) in [5.74, 6) is 1.70. The molecular formula is C18H21N3O2. The van der Waals surface area contributed by atoms with Crippen molar-refractivity contribution in [3.8, 4) is 11.5 Å². The molecule has 3 heterocycles. The Morgan fingerprint density at radius 1 is 0.957 bits per heavy atom. The average molecular weight is 311 g/mol.